The molecule has 0 spiro atoms. The molecule has 0 radical (unpaired) electrons. The average molecular weight is 216 g/mol. The van der Waals surface area contributed by atoms with Crippen LogP contribution in [0.2, 0.25) is 0 Å². The van der Waals surface area contributed by atoms with Gasteiger partial charge in [0, 0.05) is 12.5 Å². The normalized spacial score (nSPS) is 16.3. The lowest BCUT2D eigenvalue weighted by atomic mass is 10.2. The van der Waals surface area contributed by atoms with Crippen molar-refractivity contribution in [3.8, 4) is 0 Å². The van der Waals surface area contributed by atoms with Gasteiger partial charge in [-0.2, -0.15) is 0 Å². The Balaban J connectivity index is 2.21. The van der Waals surface area contributed by atoms with Crippen molar-refractivity contribution in [2.24, 2.45) is 0 Å². The number of nitrogens with one attached hydrogen (secondary N) is 1. The van der Waals surface area contributed by atoms with Gasteiger partial charge >= 0.3 is 0 Å². The molecule has 0 amide bonds. The number of halogens is 2. The summed E-state index contributed by atoms with van der Waals surface area (Å²) < 4.78 is 25.9. The van der Waals surface area contributed by atoms with Crippen LogP contribution in [-0.2, 0) is 13.1 Å². The minimum Gasteiger partial charge on any atom is -0.314 e. The molecule has 1 heterocycles. The van der Waals surface area contributed by atoms with Gasteiger partial charge in [-0.15, -0.1) is 5.10 Å². The van der Waals surface area contributed by atoms with E-state index in [2.05, 4.69) is 15.6 Å². The first-order valence-electron chi connectivity index (χ1n) is 5.07. The largest absolute Gasteiger partial charge is 0.314 e. The molecule has 2 rings (SSSR count). The Labute approximate surface area is 86.7 Å². The van der Waals surface area contributed by atoms with Gasteiger partial charge in [0.1, 0.15) is 6.54 Å². The number of nitrogens with zero attached hydrogens (tertiary/aromatic N) is 3. The van der Waals surface area contributed by atoms with E-state index in [0.717, 1.165) is 24.2 Å². The molecule has 0 aliphatic heterocycles. The molecular weight excluding hydrogens is 202 g/mol. The third-order valence-electron chi connectivity index (χ3n) is 2.47. The summed E-state index contributed by atoms with van der Waals surface area (Å²) in [6.45, 7) is 0.248. The van der Waals surface area contributed by atoms with E-state index in [1.807, 2.05) is 7.05 Å². The van der Waals surface area contributed by atoms with Gasteiger partial charge in [0.15, 0.2) is 0 Å². The molecule has 1 aliphatic rings. The molecule has 15 heavy (non-hydrogen) atoms. The van der Waals surface area contributed by atoms with E-state index in [-0.39, 0.29) is 6.54 Å². The van der Waals surface area contributed by atoms with Crippen LogP contribution in [0.4, 0.5) is 8.78 Å². The van der Waals surface area contributed by atoms with Crippen LogP contribution < -0.4 is 5.32 Å². The van der Waals surface area contributed by atoms with Crippen LogP contribution >= 0.6 is 0 Å². The van der Waals surface area contributed by atoms with E-state index in [4.69, 9.17) is 0 Å². The van der Waals surface area contributed by atoms with E-state index in [0.29, 0.717) is 12.5 Å². The lowest BCUT2D eigenvalue weighted by Crippen LogP contribution is -2.13. The second kappa shape index (κ2) is 4.22. The summed E-state index contributed by atoms with van der Waals surface area (Å²) in [5, 5.41) is 10.7. The van der Waals surface area contributed by atoms with Gasteiger partial charge in [-0.1, -0.05) is 5.21 Å². The standard InChI is InChI=1S/C9H14F2N4/c1-12-4-7-9(6-2-3-6)15(14-13-7)5-8(10)11/h6,8,12H,2-5H2,1H3. The number of hydrogen-bond donors (Lipinski definition) is 1. The van der Waals surface area contributed by atoms with Gasteiger partial charge in [0.05, 0.1) is 11.4 Å². The zero-order valence-corrected chi connectivity index (χ0v) is 8.58. The Morgan fingerprint density at radius 3 is 2.80 bits per heavy atom. The Kier molecular flexibility index (Phi) is 2.95. The first-order valence-corrected chi connectivity index (χ1v) is 5.07. The smallest absolute Gasteiger partial charge is 0.257 e. The predicted octanol–water partition coefficient (Wildman–Crippen LogP) is 1.14. The van der Waals surface area contributed by atoms with Crippen molar-refractivity contribution in [2.45, 2.75) is 38.3 Å². The average Bonchev–Trinajstić information content (AvgIpc) is 2.92. The highest BCUT2D eigenvalue weighted by Crippen LogP contribution is 2.41. The van der Waals surface area contributed by atoms with E-state index in [1.54, 1.807) is 0 Å². The zero-order chi connectivity index (χ0) is 10.8. The van der Waals surface area contributed by atoms with Crippen LogP contribution in [0.3, 0.4) is 0 Å². The molecule has 1 aliphatic carbocycles. The quantitative estimate of drug-likeness (QED) is 0.802. The number of rotatable bonds is 5. The van der Waals surface area contributed by atoms with Gasteiger partial charge in [0.25, 0.3) is 6.43 Å². The molecule has 1 N–H and O–H groups in total. The van der Waals surface area contributed by atoms with Crippen molar-refractivity contribution in [1.82, 2.24) is 20.3 Å². The van der Waals surface area contributed by atoms with E-state index >= 15 is 0 Å². The molecule has 0 atom stereocenters. The summed E-state index contributed by atoms with van der Waals surface area (Å²) in [4.78, 5) is 0. The van der Waals surface area contributed by atoms with Crippen LogP contribution in [0, 0.1) is 0 Å². The second-order valence-electron chi connectivity index (χ2n) is 3.80. The summed E-state index contributed by atoms with van der Waals surface area (Å²) >= 11 is 0. The van der Waals surface area contributed by atoms with Crippen molar-refractivity contribution in [2.75, 3.05) is 7.05 Å². The van der Waals surface area contributed by atoms with Gasteiger partial charge in [0.2, 0.25) is 0 Å². The highest BCUT2D eigenvalue weighted by atomic mass is 19.3. The Morgan fingerprint density at radius 2 is 2.27 bits per heavy atom. The van der Waals surface area contributed by atoms with Gasteiger partial charge in [-0.05, 0) is 19.9 Å². The van der Waals surface area contributed by atoms with Crippen molar-refractivity contribution in [3.05, 3.63) is 11.4 Å². The second-order valence-corrected chi connectivity index (χ2v) is 3.80. The van der Waals surface area contributed by atoms with Crippen LogP contribution in [0.15, 0.2) is 0 Å². The van der Waals surface area contributed by atoms with Crippen LogP contribution in [0.5, 0.6) is 0 Å². The first kappa shape index (κ1) is 10.5. The predicted molar refractivity (Wildman–Crippen MR) is 50.8 cm³/mol. The Morgan fingerprint density at radius 1 is 1.53 bits per heavy atom. The number of aromatic nitrogens is 3. The molecule has 0 aromatic carbocycles. The molecule has 1 aromatic heterocycles. The van der Waals surface area contributed by atoms with Crippen LogP contribution in [-0.4, -0.2) is 28.5 Å². The summed E-state index contributed by atoms with van der Waals surface area (Å²) in [5.74, 6) is 0.391. The fourth-order valence-corrected chi connectivity index (χ4v) is 1.72. The van der Waals surface area contributed by atoms with Crippen molar-refractivity contribution in [1.29, 1.82) is 0 Å². The summed E-state index contributed by atoms with van der Waals surface area (Å²) in [5.41, 5.74) is 1.70. The summed E-state index contributed by atoms with van der Waals surface area (Å²) in [7, 11) is 1.81. The maximum atomic E-state index is 12.3. The highest BCUT2D eigenvalue weighted by molar-refractivity contribution is 5.20. The lowest BCUT2D eigenvalue weighted by molar-refractivity contribution is 0.119. The van der Waals surface area contributed by atoms with Crippen molar-refractivity contribution < 1.29 is 8.78 Å². The summed E-state index contributed by atoms with van der Waals surface area (Å²) in [6.07, 6.45) is -0.243. The van der Waals surface area contributed by atoms with Crippen LogP contribution in [0.1, 0.15) is 30.1 Å². The third kappa shape index (κ3) is 2.31. The third-order valence-corrected chi connectivity index (χ3v) is 2.47. The molecule has 84 valence electrons. The SMILES string of the molecule is CNCc1nnn(CC(F)F)c1C1CC1. The maximum Gasteiger partial charge on any atom is 0.257 e. The zero-order valence-electron chi connectivity index (χ0n) is 8.58. The fourth-order valence-electron chi connectivity index (χ4n) is 1.72. The topological polar surface area (TPSA) is 42.7 Å². The minimum atomic E-state index is -2.37. The van der Waals surface area contributed by atoms with E-state index in [9.17, 15) is 8.78 Å². The number of alkyl halides is 2. The van der Waals surface area contributed by atoms with Crippen molar-refractivity contribution in [3.63, 3.8) is 0 Å². The van der Waals surface area contributed by atoms with E-state index < -0.39 is 6.43 Å². The van der Waals surface area contributed by atoms with Gasteiger partial charge in [-0.25, -0.2) is 13.5 Å². The van der Waals surface area contributed by atoms with Gasteiger partial charge < -0.3 is 5.32 Å². The molecule has 4 nitrogen and oxygen atoms in total. The number of hydrogen-bond acceptors (Lipinski definition) is 3. The first-order chi connectivity index (χ1) is 7.22. The van der Waals surface area contributed by atoms with Crippen LogP contribution in [0.25, 0.3) is 0 Å². The molecule has 0 unspecified atom stereocenters. The van der Waals surface area contributed by atoms with Crippen molar-refractivity contribution >= 4 is 0 Å². The Hall–Kier alpha value is -1.04. The molecule has 0 saturated heterocycles. The minimum absolute atomic E-state index is 0.345. The lowest BCUT2D eigenvalue weighted by Gasteiger charge is -2.05. The molecule has 1 saturated carbocycles. The van der Waals surface area contributed by atoms with E-state index in [1.165, 1.54) is 4.68 Å². The monoisotopic (exact) mass is 216 g/mol. The fraction of sp³-hybridized carbons (Fsp3) is 0.778. The maximum absolute atomic E-state index is 12.3. The van der Waals surface area contributed by atoms with Gasteiger partial charge in [-0.3, -0.25) is 0 Å². The molecule has 1 fully saturated rings. The molecule has 6 heteroatoms. The molecule has 0 bridgehead atoms. The molecular formula is C9H14F2N4. The highest BCUT2D eigenvalue weighted by Gasteiger charge is 2.31. The summed E-state index contributed by atoms with van der Waals surface area (Å²) in [6, 6.07) is 0. The molecule has 1 aromatic rings. The Bertz CT molecular complexity index is 333.